The molecule has 0 bridgehead atoms. The first-order valence-electron chi connectivity index (χ1n) is 9.71. The van der Waals surface area contributed by atoms with Crippen LogP contribution in [0.5, 0.6) is 0 Å². The Morgan fingerprint density at radius 3 is 2.74 bits per heavy atom. The fourth-order valence-corrected chi connectivity index (χ4v) is 3.82. The molecule has 0 amide bonds. The zero-order chi connectivity index (χ0) is 19.1. The third kappa shape index (κ3) is 6.65. The van der Waals surface area contributed by atoms with Gasteiger partial charge in [-0.25, -0.2) is 0 Å². The van der Waals surface area contributed by atoms with E-state index in [2.05, 4.69) is 19.9 Å². The lowest BCUT2D eigenvalue weighted by Gasteiger charge is -2.35. The number of nitrogens with zero attached hydrogens (tertiary/aromatic N) is 4. The van der Waals surface area contributed by atoms with E-state index in [0.29, 0.717) is 24.9 Å². The molecule has 8 heteroatoms. The molecule has 27 heavy (non-hydrogen) atoms. The standard InChI is InChI=1S/C19H30N4O3S/c1-15(2)25-14-16(24)13-23-10-8-22(9-11-23)7-3-6-18-20-19(21-26-18)17-5-4-12-27-17/h4-5,12,15-16,24H,3,6-11,13-14H2,1-2H3. The minimum atomic E-state index is -0.408. The summed E-state index contributed by atoms with van der Waals surface area (Å²) in [6, 6.07) is 4.00. The molecule has 1 unspecified atom stereocenters. The summed E-state index contributed by atoms with van der Waals surface area (Å²) in [4.78, 5) is 10.3. The maximum atomic E-state index is 10.1. The van der Waals surface area contributed by atoms with Crippen molar-refractivity contribution in [2.45, 2.75) is 38.9 Å². The van der Waals surface area contributed by atoms with Gasteiger partial charge >= 0.3 is 0 Å². The Hall–Kier alpha value is -1.32. The average Bonchev–Trinajstić information content (AvgIpc) is 3.33. The van der Waals surface area contributed by atoms with Crippen LogP contribution in [0.25, 0.3) is 10.7 Å². The molecule has 1 N–H and O–H groups in total. The molecule has 2 aromatic rings. The molecular formula is C19H30N4O3S. The number of hydrogen-bond acceptors (Lipinski definition) is 8. The Balaban J connectivity index is 1.31. The van der Waals surface area contributed by atoms with Gasteiger partial charge in [0.15, 0.2) is 0 Å². The SMILES string of the molecule is CC(C)OCC(O)CN1CCN(CCCc2nc(-c3cccs3)no2)CC1. The lowest BCUT2D eigenvalue weighted by Crippen LogP contribution is -2.49. The average molecular weight is 395 g/mol. The third-order valence-electron chi connectivity index (χ3n) is 4.63. The van der Waals surface area contributed by atoms with Crippen LogP contribution in [0, 0.1) is 0 Å². The number of aryl methyl sites for hydroxylation is 1. The molecule has 0 radical (unpaired) electrons. The van der Waals surface area contributed by atoms with E-state index < -0.39 is 6.10 Å². The number of β-amino-alcohol motifs (C(OH)–C–C–N with tert-alkyl or cyclic N) is 1. The fourth-order valence-electron chi connectivity index (χ4n) is 3.17. The Kier molecular flexibility index (Phi) is 7.78. The number of piperazine rings is 1. The summed E-state index contributed by atoms with van der Waals surface area (Å²) >= 11 is 1.62. The van der Waals surface area contributed by atoms with E-state index in [1.165, 1.54) is 0 Å². The van der Waals surface area contributed by atoms with E-state index in [4.69, 9.17) is 9.26 Å². The summed E-state index contributed by atoms with van der Waals surface area (Å²) in [5.74, 6) is 1.40. The van der Waals surface area contributed by atoms with E-state index >= 15 is 0 Å². The maximum Gasteiger partial charge on any atom is 0.227 e. The highest BCUT2D eigenvalue weighted by atomic mass is 32.1. The Bertz CT molecular complexity index is 654. The van der Waals surface area contributed by atoms with Gasteiger partial charge in [0.1, 0.15) is 0 Å². The Morgan fingerprint density at radius 2 is 2.04 bits per heavy atom. The second-order valence-corrected chi connectivity index (χ2v) is 8.22. The van der Waals surface area contributed by atoms with Crippen LogP contribution >= 0.6 is 11.3 Å². The predicted molar refractivity (Wildman–Crippen MR) is 106 cm³/mol. The molecule has 2 aromatic heterocycles. The summed E-state index contributed by atoms with van der Waals surface area (Å²) in [5.41, 5.74) is 0. The van der Waals surface area contributed by atoms with E-state index in [9.17, 15) is 5.11 Å². The van der Waals surface area contributed by atoms with Gasteiger partial charge in [-0.05, 0) is 38.3 Å². The highest BCUT2D eigenvalue weighted by Crippen LogP contribution is 2.21. The van der Waals surface area contributed by atoms with E-state index in [1.54, 1.807) is 11.3 Å². The van der Waals surface area contributed by atoms with Crippen molar-refractivity contribution in [1.29, 1.82) is 0 Å². The second kappa shape index (κ2) is 10.3. The monoisotopic (exact) mass is 394 g/mol. The number of aromatic nitrogens is 2. The zero-order valence-electron chi connectivity index (χ0n) is 16.2. The highest BCUT2D eigenvalue weighted by Gasteiger charge is 2.19. The minimum absolute atomic E-state index is 0.164. The fraction of sp³-hybridized carbons (Fsp3) is 0.684. The third-order valence-corrected chi connectivity index (χ3v) is 5.50. The molecule has 1 aliphatic heterocycles. The van der Waals surface area contributed by atoms with Gasteiger partial charge in [-0.1, -0.05) is 11.2 Å². The predicted octanol–water partition coefficient (Wildman–Crippen LogP) is 2.13. The zero-order valence-corrected chi connectivity index (χ0v) is 17.0. The van der Waals surface area contributed by atoms with Crippen molar-refractivity contribution in [3.8, 4) is 10.7 Å². The number of rotatable bonds is 10. The van der Waals surface area contributed by atoms with Gasteiger partial charge in [0.05, 0.1) is 23.7 Å². The Morgan fingerprint density at radius 1 is 1.26 bits per heavy atom. The van der Waals surface area contributed by atoms with Crippen molar-refractivity contribution in [3.63, 3.8) is 0 Å². The van der Waals surface area contributed by atoms with Crippen molar-refractivity contribution in [1.82, 2.24) is 19.9 Å². The molecule has 0 aromatic carbocycles. The van der Waals surface area contributed by atoms with Crippen LogP contribution in [-0.4, -0.2) is 83.1 Å². The smallest absolute Gasteiger partial charge is 0.227 e. The molecule has 3 rings (SSSR count). The summed E-state index contributed by atoms with van der Waals surface area (Å²) in [6.45, 7) is 10.1. The van der Waals surface area contributed by atoms with Crippen LogP contribution in [0.3, 0.4) is 0 Å². The van der Waals surface area contributed by atoms with Crippen molar-refractivity contribution in [2.75, 3.05) is 45.9 Å². The van der Waals surface area contributed by atoms with Crippen molar-refractivity contribution in [3.05, 3.63) is 23.4 Å². The van der Waals surface area contributed by atoms with Gasteiger partial charge in [-0.3, -0.25) is 4.90 Å². The van der Waals surface area contributed by atoms with Crippen LogP contribution in [0.15, 0.2) is 22.0 Å². The van der Waals surface area contributed by atoms with Crippen LogP contribution in [0.4, 0.5) is 0 Å². The number of aliphatic hydroxyl groups excluding tert-OH is 1. The number of thiophene rings is 1. The van der Waals surface area contributed by atoms with E-state index in [0.717, 1.165) is 50.4 Å². The van der Waals surface area contributed by atoms with Gasteiger partial charge < -0.3 is 19.3 Å². The lowest BCUT2D eigenvalue weighted by atomic mass is 10.2. The maximum absolute atomic E-state index is 10.1. The van der Waals surface area contributed by atoms with Crippen molar-refractivity contribution >= 4 is 11.3 Å². The van der Waals surface area contributed by atoms with Crippen molar-refractivity contribution in [2.24, 2.45) is 0 Å². The van der Waals surface area contributed by atoms with Gasteiger partial charge in [0, 0.05) is 39.1 Å². The molecule has 0 spiro atoms. The minimum Gasteiger partial charge on any atom is -0.389 e. The molecule has 3 heterocycles. The molecule has 1 aliphatic rings. The highest BCUT2D eigenvalue weighted by molar-refractivity contribution is 7.13. The summed E-state index contributed by atoms with van der Waals surface area (Å²) in [6.07, 6.45) is 1.58. The van der Waals surface area contributed by atoms with E-state index in [-0.39, 0.29) is 6.10 Å². The molecule has 150 valence electrons. The quantitative estimate of drug-likeness (QED) is 0.662. The summed E-state index contributed by atoms with van der Waals surface area (Å²) in [7, 11) is 0. The molecule has 1 fully saturated rings. The van der Waals surface area contributed by atoms with Crippen LogP contribution in [-0.2, 0) is 11.2 Å². The molecule has 0 aliphatic carbocycles. The molecular weight excluding hydrogens is 364 g/mol. The number of ether oxygens (including phenoxy) is 1. The van der Waals surface area contributed by atoms with Crippen LogP contribution in [0.2, 0.25) is 0 Å². The first-order chi connectivity index (χ1) is 13.1. The van der Waals surface area contributed by atoms with Gasteiger partial charge in [-0.15, -0.1) is 11.3 Å². The first kappa shape index (κ1) is 20.4. The number of hydrogen-bond donors (Lipinski definition) is 1. The second-order valence-electron chi connectivity index (χ2n) is 7.27. The lowest BCUT2D eigenvalue weighted by molar-refractivity contribution is -0.0145. The first-order valence-corrected chi connectivity index (χ1v) is 10.6. The van der Waals surface area contributed by atoms with Gasteiger partial charge in [-0.2, -0.15) is 4.98 Å². The Labute approximate surface area is 164 Å². The molecule has 1 atom stereocenters. The normalized spacial score (nSPS) is 17.6. The van der Waals surface area contributed by atoms with Gasteiger partial charge in [0.25, 0.3) is 0 Å². The van der Waals surface area contributed by atoms with Crippen molar-refractivity contribution < 1.29 is 14.4 Å². The molecule has 1 saturated heterocycles. The topological polar surface area (TPSA) is 74.9 Å². The number of aliphatic hydroxyl groups is 1. The summed E-state index contributed by atoms with van der Waals surface area (Å²) < 4.78 is 10.8. The summed E-state index contributed by atoms with van der Waals surface area (Å²) in [5, 5.41) is 16.1. The van der Waals surface area contributed by atoms with Crippen LogP contribution < -0.4 is 0 Å². The largest absolute Gasteiger partial charge is 0.389 e. The van der Waals surface area contributed by atoms with E-state index in [1.807, 2.05) is 31.4 Å². The van der Waals surface area contributed by atoms with Crippen LogP contribution in [0.1, 0.15) is 26.2 Å². The van der Waals surface area contributed by atoms with Gasteiger partial charge in [0.2, 0.25) is 11.7 Å². The molecule has 0 saturated carbocycles. The molecule has 7 nitrogen and oxygen atoms in total.